The van der Waals surface area contributed by atoms with Gasteiger partial charge in [-0.05, 0) is 50.4 Å². The highest BCUT2D eigenvalue weighted by Crippen LogP contribution is 2.49. The second kappa shape index (κ2) is 5.70. The van der Waals surface area contributed by atoms with E-state index in [9.17, 15) is 0 Å². The number of hydrogen-bond acceptors (Lipinski definition) is 2. The quantitative estimate of drug-likeness (QED) is 0.626. The van der Waals surface area contributed by atoms with E-state index in [1.807, 2.05) is 0 Å². The number of nitrogens with zero attached hydrogens (tertiary/aromatic N) is 2. The van der Waals surface area contributed by atoms with Crippen LogP contribution in [-0.2, 0) is 4.74 Å². The summed E-state index contributed by atoms with van der Waals surface area (Å²) in [6.07, 6.45) is 7.41. The summed E-state index contributed by atoms with van der Waals surface area (Å²) in [4.78, 5) is 6.76. The fraction of sp³-hybridized carbons (Fsp3) is 0.933. The van der Waals surface area contributed by atoms with E-state index in [0.29, 0.717) is 0 Å². The van der Waals surface area contributed by atoms with Gasteiger partial charge in [-0.1, -0.05) is 6.42 Å². The zero-order valence-electron chi connectivity index (χ0n) is 12.1. The SMILES string of the molecule is CC1CN(C(N)=NCCC2CC3CCC2C3)CCO1. The molecule has 108 valence electrons. The molecule has 0 spiro atoms. The van der Waals surface area contributed by atoms with Gasteiger partial charge < -0.3 is 15.4 Å². The van der Waals surface area contributed by atoms with Crippen LogP contribution in [0.1, 0.15) is 39.0 Å². The minimum absolute atomic E-state index is 0.271. The maximum absolute atomic E-state index is 6.09. The average molecular weight is 265 g/mol. The van der Waals surface area contributed by atoms with Crippen LogP contribution in [-0.4, -0.2) is 43.2 Å². The molecule has 4 atom stereocenters. The van der Waals surface area contributed by atoms with Gasteiger partial charge in [0.25, 0.3) is 0 Å². The molecule has 0 aromatic heterocycles. The molecule has 4 nitrogen and oxygen atoms in total. The highest BCUT2D eigenvalue weighted by atomic mass is 16.5. The van der Waals surface area contributed by atoms with E-state index in [0.717, 1.165) is 50.0 Å². The molecule has 3 fully saturated rings. The number of fused-ring (bicyclic) bond motifs is 2. The van der Waals surface area contributed by atoms with Crippen molar-refractivity contribution in [1.29, 1.82) is 0 Å². The highest BCUT2D eigenvalue weighted by molar-refractivity contribution is 5.78. The summed E-state index contributed by atoms with van der Waals surface area (Å²) in [5.41, 5.74) is 6.09. The van der Waals surface area contributed by atoms with Gasteiger partial charge in [-0.25, -0.2) is 0 Å². The van der Waals surface area contributed by atoms with Gasteiger partial charge in [0.05, 0.1) is 12.7 Å². The van der Waals surface area contributed by atoms with Crippen LogP contribution in [0.5, 0.6) is 0 Å². The Bertz CT molecular complexity index is 344. The van der Waals surface area contributed by atoms with Crippen molar-refractivity contribution in [2.45, 2.75) is 45.1 Å². The summed E-state index contributed by atoms with van der Waals surface area (Å²) >= 11 is 0. The number of aliphatic imine (C=N–C) groups is 1. The number of ether oxygens (including phenoxy) is 1. The van der Waals surface area contributed by atoms with Crippen LogP contribution in [0.3, 0.4) is 0 Å². The molecule has 3 aliphatic rings. The van der Waals surface area contributed by atoms with E-state index in [4.69, 9.17) is 10.5 Å². The minimum atomic E-state index is 0.271. The largest absolute Gasteiger partial charge is 0.375 e. The molecule has 0 aromatic rings. The van der Waals surface area contributed by atoms with Crippen molar-refractivity contribution in [3.8, 4) is 0 Å². The summed E-state index contributed by atoms with van der Waals surface area (Å²) < 4.78 is 5.53. The molecule has 2 saturated carbocycles. The third-order valence-corrected chi connectivity index (χ3v) is 5.22. The lowest BCUT2D eigenvalue weighted by Gasteiger charge is -2.32. The van der Waals surface area contributed by atoms with Crippen molar-refractivity contribution in [3.05, 3.63) is 0 Å². The lowest BCUT2D eigenvalue weighted by molar-refractivity contribution is 0.00529. The van der Waals surface area contributed by atoms with E-state index in [1.54, 1.807) is 0 Å². The monoisotopic (exact) mass is 265 g/mol. The smallest absolute Gasteiger partial charge is 0.191 e. The third-order valence-electron chi connectivity index (χ3n) is 5.22. The van der Waals surface area contributed by atoms with Crippen molar-refractivity contribution in [2.75, 3.05) is 26.2 Å². The molecule has 2 bridgehead atoms. The Balaban J connectivity index is 1.44. The Morgan fingerprint density at radius 1 is 1.37 bits per heavy atom. The molecule has 1 heterocycles. The van der Waals surface area contributed by atoms with E-state index in [-0.39, 0.29) is 6.10 Å². The Labute approximate surface area is 116 Å². The van der Waals surface area contributed by atoms with Crippen molar-refractivity contribution in [1.82, 2.24) is 4.90 Å². The minimum Gasteiger partial charge on any atom is -0.375 e. The van der Waals surface area contributed by atoms with Crippen molar-refractivity contribution in [2.24, 2.45) is 28.5 Å². The summed E-state index contributed by atoms with van der Waals surface area (Å²) in [5.74, 6) is 3.69. The molecular formula is C15H27N3O. The van der Waals surface area contributed by atoms with E-state index >= 15 is 0 Å². The number of guanidine groups is 1. The standard InChI is InChI=1S/C15H27N3O/c1-11-10-18(6-7-19-11)15(16)17-5-4-14-9-12-2-3-13(14)8-12/h11-14H,2-10H2,1H3,(H2,16,17). The lowest BCUT2D eigenvalue weighted by atomic mass is 9.86. The zero-order valence-corrected chi connectivity index (χ0v) is 12.1. The molecule has 2 N–H and O–H groups in total. The van der Waals surface area contributed by atoms with Crippen LogP contribution in [0.25, 0.3) is 0 Å². The van der Waals surface area contributed by atoms with Gasteiger partial charge in [0.15, 0.2) is 5.96 Å². The van der Waals surface area contributed by atoms with Crippen LogP contribution in [0.2, 0.25) is 0 Å². The van der Waals surface area contributed by atoms with Gasteiger partial charge in [-0.3, -0.25) is 4.99 Å². The zero-order chi connectivity index (χ0) is 13.2. The molecule has 1 aliphatic heterocycles. The van der Waals surface area contributed by atoms with Crippen molar-refractivity contribution < 1.29 is 4.74 Å². The number of hydrogen-bond donors (Lipinski definition) is 1. The van der Waals surface area contributed by atoms with Crippen molar-refractivity contribution >= 4 is 5.96 Å². The highest BCUT2D eigenvalue weighted by Gasteiger charge is 2.38. The van der Waals surface area contributed by atoms with Gasteiger partial charge in [-0.2, -0.15) is 0 Å². The first-order chi connectivity index (χ1) is 9.22. The molecule has 1 saturated heterocycles. The molecule has 0 aromatic carbocycles. The number of rotatable bonds is 3. The summed E-state index contributed by atoms with van der Waals surface area (Å²) in [6.45, 7) is 5.53. The Morgan fingerprint density at radius 3 is 2.95 bits per heavy atom. The first kappa shape index (κ1) is 13.2. The molecule has 4 unspecified atom stereocenters. The molecule has 0 amide bonds. The van der Waals surface area contributed by atoms with Crippen LogP contribution in [0.4, 0.5) is 0 Å². The normalized spacial score (nSPS) is 39.0. The second-order valence-corrected chi connectivity index (χ2v) is 6.59. The molecule has 2 aliphatic carbocycles. The third kappa shape index (κ3) is 3.04. The number of nitrogens with two attached hydrogens (primary N) is 1. The Morgan fingerprint density at radius 2 is 2.26 bits per heavy atom. The van der Waals surface area contributed by atoms with Gasteiger partial charge in [-0.15, -0.1) is 0 Å². The molecule has 0 radical (unpaired) electrons. The molecule has 4 heteroatoms. The number of morpholine rings is 1. The average Bonchev–Trinajstić information content (AvgIpc) is 3.01. The van der Waals surface area contributed by atoms with E-state index in [1.165, 1.54) is 32.1 Å². The maximum atomic E-state index is 6.09. The second-order valence-electron chi connectivity index (χ2n) is 6.59. The van der Waals surface area contributed by atoms with E-state index in [2.05, 4.69) is 16.8 Å². The summed E-state index contributed by atoms with van der Waals surface area (Å²) in [7, 11) is 0. The van der Waals surface area contributed by atoms with Gasteiger partial charge in [0.1, 0.15) is 0 Å². The lowest BCUT2D eigenvalue weighted by Crippen LogP contribution is -2.47. The van der Waals surface area contributed by atoms with Gasteiger partial charge >= 0.3 is 0 Å². The predicted molar refractivity (Wildman–Crippen MR) is 77.0 cm³/mol. The van der Waals surface area contributed by atoms with E-state index < -0.39 is 0 Å². The van der Waals surface area contributed by atoms with Crippen molar-refractivity contribution in [3.63, 3.8) is 0 Å². The fourth-order valence-corrected chi connectivity index (χ4v) is 4.20. The summed E-state index contributed by atoms with van der Waals surface area (Å²) in [6, 6.07) is 0. The molecular weight excluding hydrogens is 238 g/mol. The Hall–Kier alpha value is -0.770. The van der Waals surface area contributed by atoms with Crippen LogP contribution >= 0.6 is 0 Å². The topological polar surface area (TPSA) is 50.8 Å². The molecule has 3 rings (SSSR count). The van der Waals surface area contributed by atoms with Crippen LogP contribution in [0.15, 0.2) is 4.99 Å². The Kier molecular flexibility index (Phi) is 3.96. The fourth-order valence-electron chi connectivity index (χ4n) is 4.20. The van der Waals surface area contributed by atoms with Crippen LogP contribution in [0, 0.1) is 17.8 Å². The molecule has 19 heavy (non-hydrogen) atoms. The first-order valence-corrected chi connectivity index (χ1v) is 7.89. The summed E-state index contributed by atoms with van der Waals surface area (Å²) in [5, 5.41) is 0. The predicted octanol–water partition coefficient (Wildman–Crippen LogP) is 1.85. The maximum Gasteiger partial charge on any atom is 0.191 e. The van der Waals surface area contributed by atoms with Gasteiger partial charge in [0, 0.05) is 19.6 Å². The van der Waals surface area contributed by atoms with Crippen LogP contribution < -0.4 is 5.73 Å². The first-order valence-electron chi connectivity index (χ1n) is 7.89. The van der Waals surface area contributed by atoms with Gasteiger partial charge in [0.2, 0.25) is 0 Å².